The van der Waals surface area contributed by atoms with Crippen LogP contribution < -0.4 is 5.32 Å². The third kappa shape index (κ3) is 3.06. The van der Waals surface area contributed by atoms with E-state index in [1.807, 2.05) is 41.8 Å². The number of pyridine rings is 1. The van der Waals surface area contributed by atoms with Crippen LogP contribution in [0, 0.1) is 17.8 Å². The normalized spacial score (nSPS) is 25.0. The Kier molecular flexibility index (Phi) is 4.24. The first-order valence-electron chi connectivity index (χ1n) is 9.93. The van der Waals surface area contributed by atoms with Crippen molar-refractivity contribution in [2.24, 2.45) is 17.8 Å². The summed E-state index contributed by atoms with van der Waals surface area (Å²) in [4.78, 5) is 19.1. The quantitative estimate of drug-likeness (QED) is 0.651. The van der Waals surface area contributed by atoms with Gasteiger partial charge in [0.15, 0.2) is 0 Å². The fourth-order valence-corrected chi connectivity index (χ4v) is 5.90. The van der Waals surface area contributed by atoms with E-state index in [2.05, 4.69) is 18.3 Å². The number of nitrogens with one attached hydrogen (secondary N) is 1. The van der Waals surface area contributed by atoms with Gasteiger partial charge in [-0.2, -0.15) is 0 Å². The van der Waals surface area contributed by atoms with E-state index in [9.17, 15) is 4.79 Å². The molecule has 2 aromatic heterocycles. The lowest BCUT2D eigenvalue weighted by molar-refractivity contribution is 0.0917. The smallest absolute Gasteiger partial charge is 0.252 e. The van der Waals surface area contributed by atoms with Crippen molar-refractivity contribution in [2.45, 2.75) is 38.6 Å². The predicted octanol–water partition coefficient (Wildman–Crippen LogP) is 5.52. The monoisotopic (exact) mass is 376 g/mol. The van der Waals surface area contributed by atoms with Gasteiger partial charge >= 0.3 is 0 Å². The largest absolute Gasteiger partial charge is 0.349 e. The van der Waals surface area contributed by atoms with Gasteiger partial charge in [0.2, 0.25) is 0 Å². The van der Waals surface area contributed by atoms with E-state index in [4.69, 9.17) is 4.98 Å². The number of fused-ring (bicyclic) bond motifs is 3. The molecule has 1 amide bonds. The molecule has 5 rings (SSSR count). The molecule has 2 fully saturated rings. The van der Waals surface area contributed by atoms with Crippen molar-refractivity contribution in [3.63, 3.8) is 0 Å². The van der Waals surface area contributed by atoms with Crippen molar-refractivity contribution in [3.8, 4) is 10.6 Å². The summed E-state index contributed by atoms with van der Waals surface area (Å²) in [6.45, 7) is 2.19. The van der Waals surface area contributed by atoms with Crippen molar-refractivity contribution < 1.29 is 4.79 Å². The number of carbonyl (C=O) groups is 1. The Morgan fingerprint density at radius 1 is 1.19 bits per heavy atom. The molecule has 1 N–H and O–H groups in total. The van der Waals surface area contributed by atoms with Gasteiger partial charge in [-0.3, -0.25) is 4.79 Å². The van der Waals surface area contributed by atoms with E-state index in [1.165, 1.54) is 25.7 Å². The second-order valence-electron chi connectivity index (χ2n) is 8.15. The maximum absolute atomic E-state index is 13.2. The van der Waals surface area contributed by atoms with Gasteiger partial charge in [0, 0.05) is 11.4 Å². The summed E-state index contributed by atoms with van der Waals surface area (Å²) in [7, 11) is 0. The first-order valence-corrected chi connectivity index (χ1v) is 10.8. The number of para-hydroxylation sites is 1. The molecule has 2 bridgehead atoms. The summed E-state index contributed by atoms with van der Waals surface area (Å²) in [6.07, 6.45) is 5.38. The molecule has 2 aliphatic rings. The SMILES string of the molecule is C[C@@H](NC(=O)c1cc(-c2cccs2)nc2ccccc12)[C@H]1C[C@H]2CC[C@H]1C2. The summed E-state index contributed by atoms with van der Waals surface area (Å²) in [5, 5.41) is 6.30. The molecule has 0 spiro atoms. The van der Waals surface area contributed by atoms with Gasteiger partial charge in [-0.1, -0.05) is 30.7 Å². The van der Waals surface area contributed by atoms with Crippen molar-refractivity contribution in [3.05, 3.63) is 53.4 Å². The molecule has 0 radical (unpaired) electrons. The third-order valence-corrected chi connectivity index (χ3v) is 7.42. The average Bonchev–Trinajstić information content (AvgIpc) is 3.44. The highest BCUT2D eigenvalue weighted by atomic mass is 32.1. The van der Waals surface area contributed by atoms with Gasteiger partial charge in [-0.25, -0.2) is 4.98 Å². The van der Waals surface area contributed by atoms with Crippen LogP contribution >= 0.6 is 11.3 Å². The minimum absolute atomic E-state index is 0.0293. The van der Waals surface area contributed by atoms with Crippen molar-refractivity contribution in [1.82, 2.24) is 10.3 Å². The summed E-state index contributed by atoms with van der Waals surface area (Å²) in [5.41, 5.74) is 2.49. The molecule has 0 saturated heterocycles. The van der Waals surface area contributed by atoms with E-state index in [0.29, 0.717) is 5.92 Å². The van der Waals surface area contributed by atoms with Crippen molar-refractivity contribution >= 4 is 28.1 Å². The van der Waals surface area contributed by atoms with Crippen LogP contribution in [0.4, 0.5) is 0 Å². The van der Waals surface area contributed by atoms with E-state index >= 15 is 0 Å². The molecule has 2 aliphatic carbocycles. The standard InChI is InChI=1S/C23H24N2OS/c1-14(18-12-15-8-9-16(18)11-15)24-23(26)19-13-21(22-7-4-10-27-22)25-20-6-3-2-5-17(19)20/h2-7,10,13-16,18H,8-9,11-12H2,1H3,(H,24,26)/t14-,15+,16+,18-/m1/s1. The molecule has 3 nitrogen and oxygen atoms in total. The van der Waals surface area contributed by atoms with E-state index in [-0.39, 0.29) is 11.9 Å². The molecule has 2 saturated carbocycles. The first-order chi connectivity index (χ1) is 13.2. The maximum atomic E-state index is 13.2. The number of amides is 1. The number of aromatic nitrogens is 1. The summed E-state index contributed by atoms with van der Waals surface area (Å²) in [5.74, 6) is 2.37. The highest BCUT2D eigenvalue weighted by Crippen LogP contribution is 2.49. The van der Waals surface area contributed by atoms with Crippen LogP contribution in [0.25, 0.3) is 21.5 Å². The number of carbonyl (C=O) groups excluding carboxylic acids is 1. The zero-order chi connectivity index (χ0) is 18.4. The lowest BCUT2D eigenvalue weighted by atomic mass is 9.84. The number of benzene rings is 1. The first kappa shape index (κ1) is 16.9. The average molecular weight is 377 g/mol. The minimum atomic E-state index is 0.0293. The number of nitrogens with zero attached hydrogens (tertiary/aromatic N) is 1. The van der Waals surface area contributed by atoms with E-state index in [1.54, 1.807) is 11.3 Å². The van der Waals surface area contributed by atoms with Gasteiger partial charge in [-0.15, -0.1) is 11.3 Å². The van der Waals surface area contributed by atoms with Gasteiger partial charge in [-0.05, 0) is 67.5 Å². The van der Waals surface area contributed by atoms with Crippen molar-refractivity contribution in [1.29, 1.82) is 0 Å². The van der Waals surface area contributed by atoms with Crippen LogP contribution in [0.15, 0.2) is 47.8 Å². The van der Waals surface area contributed by atoms with Crippen molar-refractivity contribution in [2.75, 3.05) is 0 Å². The Balaban J connectivity index is 1.47. The van der Waals surface area contributed by atoms with Crippen LogP contribution in [-0.2, 0) is 0 Å². The zero-order valence-corrected chi connectivity index (χ0v) is 16.3. The summed E-state index contributed by atoms with van der Waals surface area (Å²) >= 11 is 1.65. The van der Waals surface area contributed by atoms with Crippen LogP contribution in [0.2, 0.25) is 0 Å². The second-order valence-corrected chi connectivity index (χ2v) is 9.10. The number of hydrogen-bond donors (Lipinski definition) is 1. The Morgan fingerprint density at radius 3 is 2.81 bits per heavy atom. The number of rotatable bonds is 4. The summed E-state index contributed by atoms with van der Waals surface area (Å²) in [6, 6.07) is 14.2. The van der Waals surface area contributed by atoms with E-state index in [0.717, 1.165) is 38.9 Å². The van der Waals surface area contributed by atoms with Gasteiger partial charge in [0.25, 0.3) is 5.91 Å². The Labute approximate surface area is 163 Å². The molecule has 4 atom stereocenters. The molecule has 0 unspecified atom stereocenters. The fourth-order valence-electron chi connectivity index (χ4n) is 5.21. The van der Waals surface area contributed by atoms with E-state index < -0.39 is 0 Å². The Hall–Kier alpha value is -2.20. The minimum Gasteiger partial charge on any atom is -0.349 e. The molecule has 0 aliphatic heterocycles. The van der Waals surface area contributed by atoms with Crippen LogP contribution in [0.1, 0.15) is 43.0 Å². The highest BCUT2D eigenvalue weighted by Gasteiger charge is 2.42. The lowest BCUT2D eigenvalue weighted by Crippen LogP contribution is -2.40. The van der Waals surface area contributed by atoms with Gasteiger partial charge in [0.1, 0.15) is 0 Å². The summed E-state index contributed by atoms with van der Waals surface area (Å²) < 4.78 is 0. The molecule has 1 aromatic carbocycles. The Bertz CT molecular complexity index is 981. The molecule has 27 heavy (non-hydrogen) atoms. The second kappa shape index (κ2) is 6.75. The van der Waals surface area contributed by atoms with Gasteiger partial charge in [0.05, 0.1) is 21.7 Å². The molecule has 3 aromatic rings. The molecule has 2 heterocycles. The Morgan fingerprint density at radius 2 is 2.07 bits per heavy atom. The topological polar surface area (TPSA) is 42.0 Å². The molecule has 4 heteroatoms. The maximum Gasteiger partial charge on any atom is 0.252 e. The molecular formula is C23H24N2OS. The number of hydrogen-bond acceptors (Lipinski definition) is 3. The highest BCUT2D eigenvalue weighted by molar-refractivity contribution is 7.13. The van der Waals surface area contributed by atoms with Gasteiger partial charge < -0.3 is 5.32 Å². The van der Waals surface area contributed by atoms with Crippen LogP contribution in [0.5, 0.6) is 0 Å². The van der Waals surface area contributed by atoms with Crippen LogP contribution in [0.3, 0.4) is 0 Å². The number of thiophene rings is 1. The fraction of sp³-hybridized carbons (Fsp3) is 0.391. The third-order valence-electron chi connectivity index (χ3n) is 6.53. The lowest BCUT2D eigenvalue weighted by Gasteiger charge is -2.28. The predicted molar refractivity (Wildman–Crippen MR) is 111 cm³/mol. The molecule has 138 valence electrons. The zero-order valence-electron chi connectivity index (χ0n) is 15.5. The van der Waals surface area contributed by atoms with Crippen LogP contribution in [-0.4, -0.2) is 16.9 Å². The molecular weight excluding hydrogens is 352 g/mol.